The summed E-state index contributed by atoms with van der Waals surface area (Å²) in [5.74, 6) is 0.995. The van der Waals surface area contributed by atoms with E-state index in [1.165, 1.54) is 4.90 Å². The van der Waals surface area contributed by atoms with Crippen LogP contribution in [0.2, 0.25) is 0 Å². The number of rotatable bonds is 10. The quantitative estimate of drug-likeness (QED) is 0.561. The van der Waals surface area contributed by atoms with Gasteiger partial charge in [0, 0.05) is 18.3 Å². The third-order valence-electron chi connectivity index (χ3n) is 4.75. The summed E-state index contributed by atoms with van der Waals surface area (Å²) in [5, 5.41) is 3.18. The van der Waals surface area contributed by atoms with Gasteiger partial charge in [-0.15, -0.1) is 0 Å². The van der Waals surface area contributed by atoms with Gasteiger partial charge in [0.15, 0.2) is 0 Å². The van der Waals surface area contributed by atoms with Crippen LogP contribution in [0.25, 0.3) is 5.57 Å². The van der Waals surface area contributed by atoms with Gasteiger partial charge < -0.3 is 14.8 Å². The second-order valence-electron chi connectivity index (χ2n) is 7.82. The van der Waals surface area contributed by atoms with Crippen LogP contribution in [-0.2, 0) is 9.59 Å². The molecule has 0 aliphatic carbocycles. The van der Waals surface area contributed by atoms with E-state index < -0.39 is 0 Å². The highest BCUT2D eigenvalue weighted by atomic mass is 16.5. The third-order valence-corrected chi connectivity index (χ3v) is 4.75. The first-order valence-electron chi connectivity index (χ1n) is 10.8. The first kappa shape index (κ1) is 22.4. The Morgan fingerprint density at radius 3 is 2.32 bits per heavy atom. The standard InChI is InChI=1S/C25H30N2O4/c1-5-14-31-20-12-10-18(11-13-20)22-23(25(29)27(24(22)28)16-17(3)4)26-19-8-7-9-21(15-19)30-6-2/h7-13,15,17,26H,5-6,14,16H2,1-4H3. The van der Waals surface area contributed by atoms with Crippen LogP contribution in [0.5, 0.6) is 11.5 Å². The molecule has 6 nitrogen and oxygen atoms in total. The van der Waals surface area contributed by atoms with Crippen molar-refractivity contribution in [3.8, 4) is 11.5 Å². The molecule has 0 unspecified atom stereocenters. The van der Waals surface area contributed by atoms with E-state index in [2.05, 4.69) is 5.32 Å². The highest BCUT2D eigenvalue weighted by molar-refractivity contribution is 6.36. The molecule has 3 rings (SSSR count). The number of hydrogen-bond donors (Lipinski definition) is 1. The Morgan fingerprint density at radius 2 is 1.68 bits per heavy atom. The van der Waals surface area contributed by atoms with Gasteiger partial charge in [0.05, 0.1) is 18.8 Å². The van der Waals surface area contributed by atoms with Crippen molar-refractivity contribution in [3.05, 3.63) is 59.8 Å². The molecule has 1 aliphatic heterocycles. The first-order chi connectivity index (χ1) is 14.9. The molecule has 0 fully saturated rings. The number of hydrogen-bond acceptors (Lipinski definition) is 5. The summed E-state index contributed by atoms with van der Waals surface area (Å²) in [7, 11) is 0. The van der Waals surface area contributed by atoms with E-state index >= 15 is 0 Å². The van der Waals surface area contributed by atoms with E-state index in [1.807, 2.05) is 76.2 Å². The lowest BCUT2D eigenvalue weighted by atomic mass is 10.0. The van der Waals surface area contributed by atoms with Crippen LogP contribution in [0.3, 0.4) is 0 Å². The minimum atomic E-state index is -0.318. The summed E-state index contributed by atoms with van der Waals surface area (Å²) in [6.45, 7) is 9.46. The fourth-order valence-corrected chi connectivity index (χ4v) is 3.40. The van der Waals surface area contributed by atoms with Crippen LogP contribution in [0.15, 0.2) is 54.2 Å². The second-order valence-corrected chi connectivity index (χ2v) is 7.82. The highest BCUT2D eigenvalue weighted by Crippen LogP contribution is 2.32. The molecule has 0 radical (unpaired) electrons. The van der Waals surface area contributed by atoms with Crippen molar-refractivity contribution in [1.29, 1.82) is 0 Å². The summed E-state index contributed by atoms with van der Waals surface area (Å²) < 4.78 is 11.2. The van der Waals surface area contributed by atoms with Gasteiger partial charge in [0.25, 0.3) is 11.8 Å². The molecular formula is C25H30N2O4. The molecule has 2 aromatic rings. The molecule has 2 amide bonds. The molecule has 6 heteroatoms. The maximum absolute atomic E-state index is 13.2. The van der Waals surface area contributed by atoms with E-state index in [1.54, 1.807) is 0 Å². The van der Waals surface area contributed by atoms with Crippen molar-refractivity contribution < 1.29 is 19.1 Å². The fraction of sp³-hybridized carbons (Fsp3) is 0.360. The monoisotopic (exact) mass is 422 g/mol. The Balaban J connectivity index is 1.98. The molecule has 0 saturated carbocycles. The van der Waals surface area contributed by atoms with Crippen LogP contribution in [-0.4, -0.2) is 36.5 Å². The maximum Gasteiger partial charge on any atom is 0.278 e. The third kappa shape index (κ3) is 5.26. The summed E-state index contributed by atoms with van der Waals surface area (Å²) in [6.07, 6.45) is 0.916. The number of carbonyl (C=O) groups excluding carboxylic acids is 2. The number of nitrogens with one attached hydrogen (secondary N) is 1. The summed E-state index contributed by atoms with van der Waals surface area (Å²) >= 11 is 0. The number of ether oxygens (including phenoxy) is 2. The average molecular weight is 423 g/mol. The Morgan fingerprint density at radius 1 is 0.935 bits per heavy atom. The van der Waals surface area contributed by atoms with Gasteiger partial charge in [-0.05, 0) is 49.1 Å². The van der Waals surface area contributed by atoms with Crippen molar-refractivity contribution in [3.63, 3.8) is 0 Å². The van der Waals surface area contributed by atoms with Crippen LogP contribution >= 0.6 is 0 Å². The summed E-state index contributed by atoms with van der Waals surface area (Å²) in [4.78, 5) is 27.7. The Bertz CT molecular complexity index is 964. The van der Waals surface area contributed by atoms with Crippen molar-refractivity contribution in [2.45, 2.75) is 34.1 Å². The summed E-state index contributed by atoms with van der Waals surface area (Å²) in [6, 6.07) is 14.7. The molecule has 2 aromatic carbocycles. The smallest absolute Gasteiger partial charge is 0.278 e. The van der Waals surface area contributed by atoms with Crippen LogP contribution in [0.4, 0.5) is 5.69 Å². The molecule has 164 valence electrons. The van der Waals surface area contributed by atoms with Crippen molar-refractivity contribution in [1.82, 2.24) is 4.90 Å². The predicted molar refractivity (Wildman–Crippen MR) is 122 cm³/mol. The van der Waals surface area contributed by atoms with Gasteiger partial charge in [-0.2, -0.15) is 0 Å². The molecule has 1 N–H and O–H groups in total. The maximum atomic E-state index is 13.2. The minimum Gasteiger partial charge on any atom is -0.494 e. The van der Waals surface area contributed by atoms with E-state index in [0.29, 0.717) is 42.3 Å². The Kier molecular flexibility index (Phi) is 7.34. The van der Waals surface area contributed by atoms with Crippen molar-refractivity contribution in [2.24, 2.45) is 5.92 Å². The minimum absolute atomic E-state index is 0.166. The lowest BCUT2D eigenvalue weighted by molar-refractivity contribution is -0.137. The van der Waals surface area contributed by atoms with Gasteiger partial charge in [-0.25, -0.2) is 0 Å². The average Bonchev–Trinajstić information content (AvgIpc) is 2.97. The summed E-state index contributed by atoms with van der Waals surface area (Å²) in [5.41, 5.74) is 2.02. The van der Waals surface area contributed by atoms with E-state index in [0.717, 1.165) is 12.2 Å². The highest BCUT2D eigenvalue weighted by Gasteiger charge is 2.39. The van der Waals surface area contributed by atoms with Gasteiger partial charge in [-0.3, -0.25) is 14.5 Å². The van der Waals surface area contributed by atoms with Crippen LogP contribution < -0.4 is 14.8 Å². The Labute approximate surface area is 183 Å². The largest absolute Gasteiger partial charge is 0.494 e. The number of nitrogens with zero attached hydrogens (tertiary/aromatic N) is 1. The molecule has 0 saturated heterocycles. The number of amides is 2. The zero-order valence-corrected chi connectivity index (χ0v) is 18.6. The molecule has 0 atom stereocenters. The lowest BCUT2D eigenvalue weighted by Crippen LogP contribution is -2.35. The topological polar surface area (TPSA) is 67.9 Å². The zero-order chi connectivity index (χ0) is 22.4. The van der Waals surface area contributed by atoms with E-state index in [4.69, 9.17) is 9.47 Å². The van der Waals surface area contributed by atoms with Crippen LogP contribution in [0.1, 0.15) is 39.7 Å². The fourth-order valence-electron chi connectivity index (χ4n) is 3.40. The molecule has 0 aromatic heterocycles. The number of imide groups is 1. The molecule has 1 aliphatic rings. The molecule has 1 heterocycles. The number of anilines is 1. The number of benzene rings is 2. The van der Waals surface area contributed by atoms with Gasteiger partial charge in [0.1, 0.15) is 17.2 Å². The molecule has 0 spiro atoms. The number of carbonyl (C=O) groups is 2. The van der Waals surface area contributed by atoms with Gasteiger partial charge in [0.2, 0.25) is 0 Å². The SMILES string of the molecule is CCCOc1ccc(C2=C(Nc3cccc(OCC)c3)C(=O)N(CC(C)C)C2=O)cc1. The van der Waals surface area contributed by atoms with Gasteiger partial charge >= 0.3 is 0 Å². The normalized spacial score (nSPS) is 13.9. The van der Waals surface area contributed by atoms with Crippen LogP contribution in [0, 0.1) is 5.92 Å². The predicted octanol–water partition coefficient (Wildman–Crippen LogP) is 4.72. The van der Waals surface area contributed by atoms with Crippen molar-refractivity contribution >= 4 is 23.1 Å². The lowest BCUT2D eigenvalue weighted by Gasteiger charge is -2.17. The molecule has 31 heavy (non-hydrogen) atoms. The Hall–Kier alpha value is -3.28. The first-order valence-corrected chi connectivity index (χ1v) is 10.8. The van der Waals surface area contributed by atoms with Crippen molar-refractivity contribution in [2.75, 3.05) is 25.1 Å². The second kappa shape index (κ2) is 10.2. The molecule has 0 bridgehead atoms. The van der Waals surface area contributed by atoms with E-state index in [9.17, 15) is 9.59 Å². The van der Waals surface area contributed by atoms with Gasteiger partial charge in [-0.1, -0.05) is 39.0 Å². The molecular weight excluding hydrogens is 392 g/mol. The van der Waals surface area contributed by atoms with E-state index in [-0.39, 0.29) is 23.4 Å². The zero-order valence-electron chi connectivity index (χ0n) is 18.6.